The Labute approximate surface area is 105 Å². The van der Waals surface area contributed by atoms with Gasteiger partial charge in [-0.15, -0.1) is 0 Å². The van der Waals surface area contributed by atoms with Crippen LogP contribution in [0.2, 0.25) is 0 Å². The Morgan fingerprint density at radius 3 is 2.56 bits per heavy atom. The number of carbonyl (C=O) groups excluding carboxylic acids is 1. The molecule has 0 atom stereocenters. The van der Waals surface area contributed by atoms with Gasteiger partial charge in [0.25, 0.3) is 15.9 Å². The van der Waals surface area contributed by atoms with Gasteiger partial charge in [0.1, 0.15) is 0 Å². The predicted octanol–water partition coefficient (Wildman–Crippen LogP) is -0.341. The van der Waals surface area contributed by atoms with Gasteiger partial charge >= 0.3 is 0 Å². The minimum absolute atomic E-state index is 0.0256. The Morgan fingerprint density at radius 2 is 2.06 bits per heavy atom. The molecule has 18 heavy (non-hydrogen) atoms. The lowest BCUT2D eigenvalue weighted by Crippen LogP contribution is -2.48. The summed E-state index contributed by atoms with van der Waals surface area (Å²) in [6.07, 6.45) is 0. The van der Waals surface area contributed by atoms with Gasteiger partial charge in [0.15, 0.2) is 5.76 Å². The number of nitrogens with one attached hydrogen (secondary N) is 1. The Morgan fingerprint density at radius 1 is 1.39 bits per heavy atom. The Balaban J connectivity index is 2.12. The zero-order valence-corrected chi connectivity index (χ0v) is 10.9. The van der Waals surface area contributed by atoms with E-state index in [0.29, 0.717) is 13.2 Å². The molecule has 0 radical (unpaired) electrons. The molecule has 0 aliphatic carbocycles. The van der Waals surface area contributed by atoms with Crippen LogP contribution >= 0.6 is 0 Å². The second kappa shape index (κ2) is 4.71. The summed E-state index contributed by atoms with van der Waals surface area (Å²) in [5.41, 5.74) is 0. The van der Waals surface area contributed by atoms with Crippen molar-refractivity contribution in [3.8, 4) is 0 Å². The monoisotopic (exact) mass is 274 g/mol. The van der Waals surface area contributed by atoms with Crippen LogP contribution in [0.3, 0.4) is 0 Å². The first-order chi connectivity index (χ1) is 8.41. The van der Waals surface area contributed by atoms with E-state index in [9.17, 15) is 13.2 Å². The molecule has 100 valence electrons. The van der Waals surface area contributed by atoms with Crippen molar-refractivity contribution in [3.05, 3.63) is 17.9 Å². The summed E-state index contributed by atoms with van der Waals surface area (Å²) >= 11 is 0. The summed E-state index contributed by atoms with van der Waals surface area (Å²) in [4.78, 5) is 11.7. The third-order valence-corrected chi connectivity index (χ3v) is 4.20. The molecule has 0 aromatic carbocycles. The van der Waals surface area contributed by atoms with E-state index in [0.717, 1.165) is 4.31 Å². The molecule has 1 saturated heterocycles. The molecule has 0 spiro atoms. The predicted molar refractivity (Wildman–Crippen MR) is 61.7 cm³/mol. The Kier molecular flexibility index (Phi) is 3.42. The van der Waals surface area contributed by atoms with Crippen LogP contribution in [0.15, 0.2) is 21.6 Å². The van der Waals surface area contributed by atoms with Crippen molar-refractivity contribution in [1.29, 1.82) is 0 Å². The molecular formula is C10H14N2O5S. The van der Waals surface area contributed by atoms with E-state index in [2.05, 4.69) is 5.32 Å². The standard InChI is InChI=1S/C10H14N2O5S/c1-12(2)18(14,15)9-4-3-8(17-9)10(13)11-7-5-16-6-7/h3-4,7H,5-6H2,1-2H3,(H,11,13). The van der Waals surface area contributed by atoms with Gasteiger partial charge in [-0.25, -0.2) is 12.7 Å². The molecule has 1 amide bonds. The van der Waals surface area contributed by atoms with E-state index in [1.165, 1.54) is 26.2 Å². The van der Waals surface area contributed by atoms with Crippen molar-refractivity contribution in [3.63, 3.8) is 0 Å². The molecule has 1 aromatic heterocycles. The maximum absolute atomic E-state index is 11.7. The normalized spacial score (nSPS) is 16.6. The fourth-order valence-corrected chi connectivity index (χ4v) is 2.13. The molecule has 0 unspecified atom stereocenters. The number of ether oxygens (including phenoxy) is 1. The zero-order valence-electron chi connectivity index (χ0n) is 10.0. The fraction of sp³-hybridized carbons (Fsp3) is 0.500. The minimum Gasteiger partial charge on any atom is -0.438 e. The number of furan rings is 1. The van der Waals surface area contributed by atoms with Crippen LogP contribution < -0.4 is 5.32 Å². The first-order valence-electron chi connectivity index (χ1n) is 5.32. The van der Waals surface area contributed by atoms with Crippen LogP contribution in [0.5, 0.6) is 0 Å². The number of sulfonamides is 1. The summed E-state index contributed by atoms with van der Waals surface area (Å²) in [5.74, 6) is -0.467. The van der Waals surface area contributed by atoms with Gasteiger partial charge in [0.05, 0.1) is 19.3 Å². The second-order valence-electron chi connectivity index (χ2n) is 4.11. The highest BCUT2D eigenvalue weighted by molar-refractivity contribution is 7.88. The van der Waals surface area contributed by atoms with E-state index >= 15 is 0 Å². The summed E-state index contributed by atoms with van der Waals surface area (Å²) in [7, 11) is -0.863. The van der Waals surface area contributed by atoms with Crippen molar-refractivity contribution in [2.45, 2.75) is 11.1 Å². The van der Waals surface area contributed by atoms with Crippen molar-refractivity contribution >= 4 is 15.9 Å². The van der Waals surface area contributed by atoms with Crippen molar-refractivity contribution < 1.29 is 22.4 Å². The number of nitrogens with zero attached hydrogens (tertiary/aromatic N) is 1. The highest BCUT2D eigenvalue weighted by Gasteiger charge is 2.26. The number of hydrogen-bond acceptors (Lipinski definition) is 5. The maximum Gasteiger partial charge on any atom is 0.287 e. The summed E-state index contributed by atoms with van der Waals surface area (Å²) in [6.45, 7) is 0.935. The average molecular weight is 274 g/mol. The lowest BCUT2D eigenvalue weighted by molar-refractivity contribution is -0.00396. The number of carbonyl (C=O) groups is 1. The van der Waals surface area contributed by atoms with Crippen LogP contribution in [0.1, 0.15) is 10.6 Å². The fourth-order valence-electron chi connectivity index (χ4n) is 1.34. The number of amides is 1. The van der Waals surface area contributed by atoms with Gasteiger partial charge in [-0.2, -0.15) is 0 Å². The molecule has 1 aromatic rings. The van der Waals surface area contributed by atoms with Crippen LogP contribution in [-0.2, 0) is 14.8 Å². The molecule has 1 fully saturated rings. The zero-order chi connectivity index (χ0) is 13.3. The molecule has 2 rings (SSSR count). The van der Waals surface area contributed by atoms with Crippen LogP contribution in [0.25, 0.3) is 0 Å². The van der Waals surface area contributed by atoms with E-state index in [1.807, 2.05) is 0 Å². The van der Waals surface area contributed by atoms with Crippen molar-refractivity contribution in [1.82, 2.24) is 9.62 Å². The van der Waals surface area contributed by atoms with Crippen LogP contribution in [0, 0.1) is 0 Å². The number of rotatable bonds is 4. The highest BCUT2D eigenvalue weighted by Crippen LogP contribution is 2.17. The van der Waals surface area contributed by atoms with E-state index < -0.39 is 15.9 Å². The lowest BCUT2D eigenvalue weighted by Gasteiger charge is -2.26. The first-order valence-corrected chi connectivity index (χ1v) is 6.76. The highest BCUT2D eigenvalue weighted by atomic mass is 32.2. The first kappa shape index (κ1) is 13.1. The molecule has 7 nitrogen and oxygen atoms in total. The summed E-state index contributed by atoms with van der Waals surface area (Å²) < 4.78 is 34.5. The largest absolute Gasteiger partial charge is 0.438 e. The number of hydrogen-bond donors (Lipinski definition) is 1. The summed E-state index contributed by atoms with van der Waals surface area (Å²) in [6, 6.07) is 2.57. The molecule has 1 aliphatic heterocycles. The molecule has 0 saturated carbocycles. The van der Waals surface area contributed by atoms with Gasteiger partial charge in [0.2, 0.25) is 5.09 Å². The smallest absolute Gasteiger partial charge is 0.287 e. The molecule has 1 N–H and O–H groups in total. The minimum atomic E-state index is -3.65. The third-order valence-electron chi connectivity index (χ3n) is 2.51. The van der Waals surface area contributed by atoms with Gasteiger partial charge in [-0.1, -0.05) is 0 Å². The Hall–Kier alpha value is -1.38. The SMILES string of the molecule is CN(C)S(=O)(=O)c1ccc(C(=O)NC2COC2)o1. The third kappa shape index (κ3) is 2.40. The van der Waals surface area contributed by atoms with Gasteiger partial charge in [0, 0.05) is 14.1 Å². The molecule has 8 heteroatoms. The summed E-state index contributed by atoms with van der Waals surface area (Å²) in [5, 5.41) is 2.41. The average Bonchev–Trinajstić information content (AvgIpc) is 2.72. The van der Waals surface area contributed by atoms with Gasteiger partial charge in [-0.05, 0) is 12.1 Å². The van der Waals surface area contributed by atoms with E-state index in [4.69, 9.17) is 9.15 Å². The molecule has 0 bridgehead atoms. The van der Waals surface area contributed by atoms with E-state index in [-0.39, 0.29) is 16.9 Å². The molecule has 2 heterocycles. The van der Waals surface area contributed by atoms with Gasteiger partial charge < -0.3 is 14.5 Å². The topological polar surface area (TPSA) is 88.9 Å². The maximum atomic E-state index is 11.7. The van der Waals surface area contributed by atoms with Gasteiger partial charge in [-0.3, -0.25) is 4.79 Å². The second-order valence-corrected chi connectivity index (χ2v) is 6.20. The van der Waals surface area contributed by atoms with Crippen LogP contribution in [0.4, 0.5) is 0 Å². The van der Waals surface area contributed by atoms with Crippen LogP contribution in [-0.4, -0.2) is 52.0 Å². The van der Waals surface area contributed by atoms with Crippen molar-refractivity contribution in [2.24, 2.45) is 0 Å². The lowest BCUT2D eigenvalue weighted by atomic mass is 10.2. The quantitative estimate of drug-likeness (QED) is 0.811. The van der Waals surface area contributed by atoms with E-state index in [1.54, 1.807) is 0 Å². The molecule has 1 aliphatic rings. The van der Waals surface area contributed by atoms with Crippen molar-refractivity contribution in [2.75, 3.05) is 27.3 Å². The Bertz CT molecular complexity index is 544. The molecular weight excluding hydrogens is 260 g/mol.